The van der Waals surface area contributed by atoms with E-state index in [1.807, 2.05) is 0 Å². The number of aromatic nitrogens is 1. The summed E-state index contributed by atoms with van der Waals surface area (Å²) in [6, 6.07) is 3.44. The molecule has 3 rings (SSSR count). The number of nitrogens with one attached hydrogen (secondary N) is 1. The molecule has 1 aliphatic heterocycles. The SMILES string of the molecule is CCOC(=O)c1[nH]c(C)c(C(=O)/C=C/c2cc(Cl)c3c(c2)OCO3)c1C. The van der Waals surface area contributed by atoms with Crippen LogP contribution in [-0.4, -0.2) is 30.1 Å². The Labute approximate surface area is 155 Å². The van der Waals surface area contributed by atoms with Crippen LogP contribution in [0.5, 0.6) is 11.5 Å². The number of carbonyl (C=O) groups excluding carboxylic acids is 2. The van der Waals surface area contributed by atoms with Crippen molar-refractivity contribution >= 4 is 29.4 Å². The zero-order chi connectivity index (χ0) is 18.8. The topological polar surface area (TPSA) is 77.6 Å². The summed E-state index contributed by atoms with van der Waals surface area (Å²) in [5.74, 6) is 0.356. The molecule has 0 bridgehead atoms. The minimum absolute atomic E-state index is 0.125. The van der Waals surface area contributed by atoms with Gasteiger partial charge in [0.2, 0.25) is 6.79 Å². The largest absolute Gasteiger partial charge is 0.461 e. The first kappa shape index (κ1) is 18.1. The van der Waals surface area contributed by atoms with Gasteiger partial charge in [0, 0.05) is 11.3 Å². The quantitative estimate of drug-likeness (QED) is 0.484. The van der Waals surface area contributed by atoms with E-state index >= 15 is 0 Å². The van der Waals surface area contributed by atoms with Gasteiger partial charge >= 0.3 is 5.97 Å². The summed E-state index contributed by atoms with van der Waals surface area (Å²) in [6.45, 7) is 5.58. The van der Waals surface area contributed by atoms with Crippen LogP contribution in [0.15, 0.2) is 18.2 Å². The maximum atomic E-state index is 12.6. The van der Waals surface area contributed by atoms with Gasteiger partial charge in [-0.1, -0.05) is 17.7 Å². The van der Waals surface area contributed by atoms with Crippen LogP contribution < -0.4 is 9.47 Å². The Bertz CT molecular complexity index is 913. The fourth-order valence-corrected chi connectivity index (χ4v) is 3.14. The summed E-state index contributed by atoms with van der Waals surface area (Å²) in [5, 5.41) is 0.422. The number of ketones is 1. The van der Waals surface area contributed by atoms with Crippen molar-refractivity contribution in [1.29, 1.82) is 0 Å². The molecule has 0 fully saturated rings. The highest BCUT2D eigenvalue weighted by Gasteiger charge is 2.22. The Morgan fingerprint density at radius 3 is 2.81 bits per heavy atom. The number of rotatable bonds is 5. The highest BCUT2D eigenvalue weighted by molar-refractivity contribution is 6.32. The molecule has 1 aromatic carbocycles. The summed E-state index contributed by atoms with van der Waals surface area (Å²) in [4.78, 5) is 27.5. The summed E-state index contributed by atoms with van der Waals surface area (Å²) < 4.78 is 15.6. The molecule has 6 nitrogen and oxygen atoms in total. The number of aryl methyl sites for hydroxylation is 1. The third-order valence-electron chi connectivity index (χ3n) is 4.04. The molecule has 0 atom stereocenters. The van der Waals surface area contributed by atoms with Crippen LogP contribution in [0.1, 0.15) is 44.6 Å². The van der Waals surface area contributed by atoms with E-state index in [-0.39, 0.29) is 19.2 Å². The van der Waals surface area contributed by atoms with Gasteiger partial charge in [0.25, 0.3) is 0 Å². The Morgan fingerprint density at radius 1 is 1.31 bits per heavy atom. The van der Waals surface area contributed by atoms with Gasteiger partial charge in [-0.05, 0) is 50.1 Å². The number of carbonyl (C=O) groups is 2. The number of aromatic amines is 1. The maximum Gasteiger partial charge on any atom is 0.355 e. The van der Waals surface area contributed by atoms with E-state index in [9.17, 15) is 9.59 Å². The predicted octanol–water partition coefficient (Wildman–Crippen LogP) is 4.09. The van der Waals surface area contributed by atoms with Gasteiger partial charge in [-0.15, -0.1) is 0 Å². The highest BCUT2D eigenvalue weighted by atomic mass is 35.5. The van der Waals surface area contributed by atoms with Gasteiger partial charge in [0.05, 0.1) is 11.6 Å². The number of esters is 1. The molecular weight excluding hydrogens is 358 g/mol. The zero-order valence-corrected chi connectivity index (χ0v) is 15.4. The van der Waals surface area contributed by atoms with E-state index in [1.165, 1.54) is 6.08 Å². The van der Waals surface area contributed by atoms with Gasteiger partial charge in [-0.3, -0.25) is 4.79 Å². The van der Waals surface area contributed by atoms with E-state index in [0.717, 1.165) is 0 Å². The Morgan fingerprint density at radius 2 is 2.08 bits per heavy atom. The number of halogens is 1. The van der Waals surface area contributed by atoms with Gasteiger partial charge in [-0.25, -0.2) is 4.79 Å². The molecule has 7 heteroatoms. The first-order valence-corrected chi connectivity index (χ1v) is 8.48. The van der Waals surface area contributed by atoms with Crippen molar-refractivity contribution in [3.8, 4) is 11.5 Å². The molecular formula is C19H18ClNO5. The van der Waals surface area contributed by atoms with E-state index in [4.69, 9.17) is 25.8 Å². The predicted molar refractivity (Wildman–Crippen MR) is 97.2 cm³/mol. The molecule has 0 radical (unpaired) electrons. The molecule has 0 saturated carbocycles. The van der Waals surface area contributed by atoms with Crippen LogP contribution in [-0.2, 0) is 4.74 Å². The third kappa shape index (κ3) is 3.32. The Balaban J connectivity index is 1.86. The summed E-state index contributed by atoms with van der Waals surface area (Å²) in [5.41, 5.74) is 2.65. The minimum atomic E-state index is -0.473. The number of H-pyrrole nitrogens is 1. The van der Waals surface area contributed by atoms with Crippen molar-refractivity contribution in [3.63, 3.8) is 0 Å². The van der Waals surface area contributed by atoms with Crippen molar-refractivity contribution in [2.24, 2.45) is 0 Å². The molecule has 1 aliphatic rings. The smallest absolute Gasteiger partial charge is 0.355 e. The average molecular weight is 376 g/mol. The zero-order valence-electron chi connectivity index (χ0n) is 14.6. The molecule has 0 amide bonds. The summed E-state index contributed by atoms with van der Waals surface area (Å²) in [6.07, 6.45) is 3.08. The molecule has 0 unspecified atom stereocenters. The van der Waals surface area contributed by atoms with Gasteiger partial charge in [0.1, 0.15) is 5.69 Å². The van der Waals surface area contributed by atoms with Gasteiger partial charge in [-0.2, -0.15) is 0 Å². The fraction of sp³-hybridized carbons (Fsp3) is 0.263. The molecule has 1 N–H and O–H groups in total. The fourth-order valence-electron chi connectivity index (χ4n) is 2.87. The van der Waals surface area contributed by atoms with E-state index in [2.05, 4.69) is 4.98 Å². The van der Waals surface area contributed by atoms with E-state index in [0.29, 0.717) is 44.6 Å². The molecule has 0 spiro atoms. The van der Waals surface area contributed by atoms with Crippen LogP contribution in [0.25, 0.3) is 6.08 Å². The molecule has 136 valence electrons. The maximum absolute atomic E-state index is 12.6. The highest BCUT2D eigenvalue weighted by Crippen LogP contribution is 2.40. The first-order valence-electron chi connectivity index (χ1n) is 8.10. The van der Waals surface area contributed by atoms with Crippen LogP contribution in [0.3, 0.4) is 0 Å². The second kappa shape index (κ2) is 7.25. The van der Waals surface area contributed by atoms with Crippen LogP contribution in [0.4, 0.5) is 0 Å². The van der Waals surface area contributed by atoms with Crippen molar-refractivity contribution in [2.75, 3.05) is 13.4 Å². The lowest BCUT2D eigenvalue weighted by atomic mass is 10.0. The summed E-state index contributed by atoms with van der Waals surface area (Å²) in [7, 11) is 0. The number of fused-ring (bicyclic) bond motifs is 1. The van der Waals surface area contributed by atoms with E-state index in [1.54, 1.807) is 39.0 Å². The molecule has 2 aromatic rings. The van der Waals surface area contributed by atoms with Gasteiger partial charge < -0.3 is 19.2 Å². The molecule has 1 aromatic heterocycles. The molecule has 2 heterocycles. The Hall–Kier alpha value is -2.73. The number of ether oxygens (including phenoxy) is 3. The lowest BCUT2D eigenvalue weighted by Gasteiger charge is -2.02. The molecule has 26 heavy (non-hydrogen) atoms. The lowest BCUT2D eigenvalue weighted by molar-refractivity contribution is 0.0519. The first-order chi connectivity index (χ1) is 12.4. The molecule has 0 saturated heterocycles. The Kier molecular flexibility index (Phi) is 5.04. The lowest BCUT2D eigenvalue weighted by Crippen LogP contribution is -2.07. The van der Waals surface area contributed by atoms with E-state index < -0.39 is 5.97 Å². The second-order valence-corrected chi connectivity index (χ2v) is 6.19. The molecule has 0 aliphatic carbocycles. The van der Waals surface area contributed by atoms with Crippen molar-refractivity contribution in [1.82, 2.24) is 4.98 Å². The minimum Gasteiger partial charge on any atom is -0.461 e. The average Bonchev–Trinajstić information content (AvgIpc) is 3.17. The van der Waals surface area contributed by atoms with Crippen molar-refractivity contribution in [3.05, 3.63) is 51.3 Å². The number of hydrogen-bond acceptors (Lipinski definition) is 5. The monoisotopic (exact) mass is 375 g/mol. The third-order valence-corrected chi connectivity index (χ3v) is 4.32. The normalized spacial score (nSPS) is 12.6. The number of hydrogen-bond donors (Lipinski definition) is 1. The van der Waals surface area contributed by atoms with Crippen LogP contribution in [0, 0.1) is 13.8 Å². The van der Waals surface area contributed by atoms with Crippen LogP contribution in [0.2, 0.25) is 5.02 Å². The van der Waals surface area contributed by atoms with Crippen molar-refractivity contribution < 1.29 is 23.8 Å². The standard InChI is InChI=1S/C19H18ClNO5/c1-4-24-19(23)17-10(2)16(11(3)21-17)14(22)6-5-12-7-13(20)18-15(8-12)25-9-26-18/h5-8,21H,4,9H2,1-3H3/b6-5+. The second-order valence-electron chi connectivity index (χ2n) is 5.78. The number of benzene rings is 1. The van der Waals surface area contributed by atoms with Gasteiger partial charge in [0.15, 0.2) is 17.3 Å². The van der Waals surface area contributed by atoms with Crippen LogP contribution >= 0.6 is 11.6 Å². The van der Waals surface area contributed by atoms with Crippen molar-refractivity contribution in [2.45, 2.75) is 20.8 Å². The number of allylic oxidation sites excluding steroid dienone is 1. The summed E-state index contributed by atoms with van der Waals surface area (Å²) >= 11 is 6.15.